The number of nitrogens with zero attached hydrogens (tertiary/aromatic N) is 2. The van der Waals surface area contributed by atoms with E-state index in [1.165, 1.54) is 11.8 Å². The van der Waals surface area contributed by atoms with Crippen LogP contribution in [0.3, 0.4) is 0 Å². The molecule has 0 radical (unpaired) electrons. The molecule has 1 aromatic rings. The fourth-order valence-corrected chi connectivity index (χ4v) is 2.30. The van der Waals surface area contributed by atoms with E-state index in [9.17, 15) is 4.79 Å². The maximum atomic E-state index is 10.9. The lowest BCUT2D eigenvalue weighted by molar-refractivity contribution is -0.116. The van der Waals surface area contributed by atoms with Crippen LogP contribution in [0.4, 0.5) is 0 Å². The molecule has 1 aliphatic rings. The van der Waals surface area contributed by atoms with Crippen molar-refractivity contribution in [2.24, 2.45) is 10.2 Å². The summed E-state index contributed by atoms with van der Waals surface area (Å²) in [4.78, 5) is 10.9. The van der Waals surface area contributed by atoms with Gasteiger partial charge in [0, 0.05) is 15.1 Å². The average Bonchev–Trinajstić information content (AvgIpc) is 2.69. The van der Waals surface area contributed by atoms with E-state index in [-0.39, 0.29) is 5.91 Å². The molecule has 0 aromatic heterocycles. The summed E-state index contributed by atoms with van der Waals surface area (Å²) in [5.41, 5.74) is 0.830. The Balaban J connectivity index is 2.10. The maximum absolute atomic E-state index is 10.9. The molecule has 0 spiro atoms. The van der Waals surface area contributed by atoms with Crippen molar-refractivity contribution in [1.82, 2.24) is 5.32 Å². The molecule has 1 fully saturated rings. The number of thioether (sulfide) groups is 1. The van der Waals surface area contributed by atoms with E-state index in [0.717, 1.165) is 10.0 Å². The van der Waals surface area contributed by atoms with Crippen molar-refractivity contribution in [3.63, 3.8) is 0 Å². The minimum Gasteiger partial charge on any atom is -0.303 e. The Morgan fingerprint density at radius 3 is 3.06 bits per heavy atom. The quantitative estimate of drug-likeness (QED) is 0.668. The molecule has 2 rings (SSSR count). The van der Waals surface area contributed by atoms with Crippen LogP contribution < -0.4 is 5.32 Å². The summed E-state index contributed by atoms with van der Waals surface area (Å²) in [7, 11) is 0. The summed E-state index contributed by atoms with van der Waals surface area (Å²) in [5, 5.41) is 11.5. The number of hydrogen-bond donors (Lipinski definition) is 1. The third-order valence-corrected chi connectivity index (χ3v) is 3.71. The molecule has 1 aromatic carbocycles. The molecule has 0 unspecified atom stereocenters. The predicted molar refractivity (Wildman–Crippen MR) is 74.8 cm³/mol. The number of nitrogens with one attached hydrogen (secondary N) is 1. The molecule has 1 heterocycles. The second kappa shape index (κ2) is 5.66. The molecular formula is C10H7BrClN3OS. The Hall–Kier alpha value is -0.850. The van der Waals surface area contributed by atoms with Crippen LogP contribution in [0.25, 0.3) is 0 Å². The van der Waals surface area contributed by atoms with Crippen molar-refractivity contribution in [3.05, 3.63) is 33.3 Å². The first-order valence-corrected chi connectivity index (χ1v) is 6.79. The van der Waals surface area contributed by atoms with Crippen LogP contribution in [-0.2, 0) is 4.79 Å². The first-order chi connectivity index (χ1) is 8.15. The van der Waals surface area contributed by atoms with Gasteiger partial charge in [-0.25, -0.2) is 0 Å². The lowest BCUT2D eigenvalue weighted by Crippen LogP contribution is -2.19. The highest BCUT2D eigenvalue weighted by molar-refractivity contribution is 9.10. The molecule has 17 heavy (non-hydrogen) atoms. The zero-order valence-electron chi connectivity index (χ0n) is 8.48. The van der Waals surface area contributed by atoms with Crippen LogP contribution in [0.1, 0.15) is 5.56 Å². The van der Waals surface area contributed by atoms with Crippen molar-refractivity contribution < 1.29 is 4.79 Å². The van der Waals surface area contributed by atoms with Gasteiger partial charge in [0.25, 0.3) is 0 Å². The molecule has 0 saturated carbocycles. The first-order valence-electron chi connectivity index (χ1n) is 4.64. The molecular weight excluding hydrogens is 326 g/mol. The summed E-state index contributed by atoms with van der Waals surface area (Å²) < 4.78 is 0.883. The normalized spacial score (nSPS) is 18.0. The highest BCUT2D eigenvalue weighted by atomic mass is 79.9. The number of halogens is 2. The minimum atomic E-state index is -0.0483. The first kappa shape index (κ1) is 12.6. The highest BCUT2D eigenvalue weighted by Crippen LogP contribution is 2.19. The molecule has 1 saturated heterocycles. The van der Waals surface area contributed by atoms with Gasteiger partial charge < -0.3 is 5.32 Å². The standard InChI is InChI=1S/C10H7BrClN3OS/c11-8-2-1-7(12)3-6(8)4-13-15-10-14-9(16)5-17-10/h1-4H,5H2,(H,14,15,16). The van der Waals surface area contributed by atoms with Gasteiger partial charge in [-0.1, -0.05) is 39.3 Å². The van der Waals surface area contributed by atoms with Gasteiger partial charge in [-0.05, 0) is 18.2 Å². The molecule has 1 aliphatic heterocycles. The van der Waals surface area contributed by atoms with E-state index in [4.69, 9.17) is 11.6 Å². The van der Waals surface area contributed by atoms with Crippen LogP contribution in [-0.4, -0.2) is 23.0 Å². The summed E-state index contributed by atoms with van der Waals surface area (Å²) in [6.45, 7) is 0. The number of benzene rings is 1. The van der Waals surface area contributed by atoms with E-state index in [1.54, 1.807) is 18.3 Å². The monoisotopic (exact) mass is 331 g/mol. The third kappa shape index (κ3) is 3.55. The smallest absolute Gasteiger partial charge is 0.236 e. The minimum absolute atomic E-state index is 0.0483. The summed E-state index contributed by atoms with van der Waals surface area (Å²) in [6.07, 6.45) is 1.58. The number of rotatable bonds is 2. The molecule has 7 heteroatoms. The topological polar surface area (TPSA) is 53.8 Å². The largest absolute Gasteiger partial charge is 0.303 e. The fourth-order valence-electron chi connectivity index (χ4n) is 1.14. The summed E-state index contributed by atoms with van der Waals surface area (Å²) in [6, 6.07) is 5.39. The lowest BCUT2D eigenvalue weighted by Gasteiger charge is -1.97. The Labute approximate surface area is 116 Å². The van der Waals surface area contributed by atoms with Crippen LogP contribution in [0, 0.1) is 0 Å². The van der Waals surface area contributed by atoms with Crippen LogP contribution in [0.2, 0.25) is 5.02 Å². The Morgan fingerprint density at radius 1 is 1.53 bits per heavy atom. The predicted octanol–water partition coefficient (Wildman–Crippen LogP) is 2.66. The molecule has 88 valence electrons. The SMILES string of the molecule is O=C1CSC(=NN=Cc2cc(Cl)ccc2Br)N1. The van der Waals surface area contributed by atoms with Crippen LogP contribution in [0.5, 0.6) is 0 Å². The molecule has 0 atom stereocenters. The number of carbonyl (C=O) groups is 1. The van der Waals surface area contributed by atoms with Crippen molar-refractivity contribution in [2.75, 3.05) is 5.75 Å². The van der Waals surface area contributed by atoms with Gasteiger partial charge in [0.15, 0.2) is 5.17 Å². The van der Waals surface area contributed by atoms with Crippen molar-refractivity contribution >= 4 is 56.6 Å². The highest BCUT2D eigenvalue weighted by Gasteiger charge is 2.15. The molecule has 1 amide bonds. The zero-order valence-corrected chi connectivity index (χ0v) is 11.6. The Morgan fingerprint density at radius 2 is 2.35 bits per heavy atom. The number of amides is 1. The van der Waals surface area contributed by atoms with E-state index in [1.807, 2.05) is 6.07 Å². The van der Waals surface area contributed by atoms with E-state index in [2.05, 4.69) is 31.4 Å². The summed E-state index contributed by atoms with van der Waals surface area (Å²) in [5.74, 6) is 0.350. The number of hydrogen-bond acceptors (Lipinski definition) is 4. The second-order valence-corrected chi connectivity index (χ2v) is 5.41. The van der Waals surface area contributed by atoms with E-state index < -0.39 is 0 Å². The van der Waals surface area contributed by atoms with Gasteiger partial charge in [-0.3, -0.25) is 4.79 Å². The third-order valence-electron chi connectivity index (χ3n) is 1.89. The van der Waals surface area contributed by atoms with Gasteiger partial charge >= 0.3 is 0 Å². The Kier molecular flexibility index (Phi) is 4.20. The number of carbonyl (C=O) groups excluding carboxylic acids is 1. The molecule has 4 nitrogen and oxygen atoms in total. The maximum Gasteiger partial charge on any atom is 0.236 e. The van der Waals surface area contributed by atoms with E-state index in [0.29, 0.717) is 15.9 Å². The zero-order chi connectivity index (χ0) is 12.3. The van der Waals surface area contributed by atoms with Crippen LogP contribution >= 0.6 is 39.3 Å². The molecule has 0 aliphatic carbocycles. The second-order valence-electron chi connectivity index (χ2n) is 3.15. The van der Waals surface area contributed by atoms with Crippen LogP contribution in [0.15, 0.2) is 32.9 Å². The fraction of sp³-hybridized carbons (Fsp3) is 0.100. The molecule has 0 bridgehead atoms. The lowest BCUT2D eigenvalue weighted by atomic mass is 10.2. The average molecular weight is 333 g/mol. The van der Waals surface area contributed by atoms with Gasteiger partial charge in [0.05, 0.1) is 12.0 Å². The Bertz CT molecular complexity index is 518. The number of amidine groups is 1. The van der Waals surface area contributed by atoms with E-state index >= 15 is 0 Å². The molecule has 1 N–H and O–H groups in total. The van der Waals surface area contributed by atoms with Gasteiger partial charge in [-0.15, -0.1) is 5.10 Å². The van der Waals surface area contributed by atoms with Gasteiger partial charge in [0.2, 0.25) is 5.91 Å². The summed E-state index contributed by atoms with van der Waals surface area (Å²) >= 11 is 10.6. The van der Waals surface area contributed by atoms with Crippen molar-refractivity contribution in [1.29, 1.82) is 0 Å². The van der Waals surface area contributed by atoms with Crippen molar-refractivity contribution in [2.45, 2.75) is 0 Å². The van der Waals surface area contributed by atoms with Gasteiger partial charge in [0.1, 0.15) is 0 Å². The van der Waals surface area contributed by atoms with Crippen molar-refractivity contribution in [3.8, 4) is 0 Å². The van der Waals surface area contributed by atoms with Gasteiger partial charge in [-0.2, -0.15) is 5.10 Å².